The number of nitrogens with zero attached hydrogens (tertiary/aromatic N) is 1. The Morgan fingerprint density at radius 3 is 2.21 bits per heavy atom. The highest BCUT2D eigenvalue weighted by molar-refractivity contribution is 6.42. The Morgan fingerprint density at radius 2 is 1.79 bits per heavy atom. The maximum atomic E-state index is 5.85. The van der Waals surface area contributed by atoms with Gasteiger partial charge in [-0.2, -0.15) is 0 Å². The first-order valence-electron chi connectivity index (χ1n) is 4.96. The SMILES string of the molecule is CC1(C)OB(N2CC=CN2)OC1(C)C. The van der Waals surface area contributed by atoms with Crippen LogP contribution < -0.4 is 5.43 Å². The van der Waals surface area contributed by atoms with Gasteiger partial charge in [0, 0.05) is 12.7 Å². The van der Waals surface area contributed by atoms with Gasteiger partial charge in [-0.3, -0.25) is 0 Å². The molecule has 0 aromatic heterocycles. The fourth-order valence-corrected chi connectivity index (χ4v) is 1.45. The molecule has 2 aliphatic heterocycles. The summed E-state index contributed by atoms with van der Waals surface area (Å²) in [4.78, 5) is 1.93. The molecule has 0 amide bonds. The van der Waals surface area contributed by atoms with Gasteiger partial charge in [0.2, 0.25) is 0 Å². The molecule has 0 aromatic rings. The predicted octanol–water partition coefficient (Wildman–Crippen LogP) is 0.909. The first kappa shape index (κ1) is 10.0. The van der Waals surface area contributed by atoms with Crippen molar-refractivity contribution in [3.63, 3.8) is 0 Å². The average molecular weight is 196 g/mol. The number of rotatable bonds is 1. The largest absolute Gasteiger partial charge is 0.577 e. The minimum absolute atomic E-state index is 0.262. The highest BCUT2D eigenvalue weighted by Gasteiger charge is 2.54. The second kappa shape index (κ2) is 2.99. The molecule has 0 bridgehead atoms. The highest BCUT2D eigenvalue weighted by atomic mass is 16.7. The summed E-state index contributed by atoms with van der Waals surface area (Å²) < 4.78 is 11.7. The van der Waals surface area contributed by atoms with E-state index < -0.39 is 0 Å². The summed E-state index contributed by atoms with van der Waals surface area (Å²) in [5.74, 6) is 0. The minimum atomic E-state index is -0.296. The Bertz CT molecular complexity index is 242. The van der Waals surface area contributed by atoms with Crippen molar-refractivity contribution in [1.29, 1.82) is 0 Å². The number of nitrogens with one attached hydrogen (secondary N) is 1. The number of hydrogen-bond acceptors (Lipinski definition) is 4. The van der Waals surface area contributed by atoms with Crippen molar-refractivity contribution in [3.05, 3.63) is 12.3 Å². The molecule has 2 rings (SSSR count). The minimum Gasteiger partial charge on any atom is -0.388 e. The lowest BCUT2D eigenvalue weighted by molar-refractivity contribution is 0.00578. The maximum absolute atomic E-state index is 5.85. The van der Waals surface area contributed by atoms with Gasteiger partial charge in [-0.05, 0) is 27.7 Å². The molecule has 1 saturated heterocycles. The van der Waals surface area contributed by atoms with Gasteiger partial charge in [0.1, 0.15) is 0 Å². The summed E-state index contributed by atoms with van der Waals surface area (Å²) in [6, 6.07) is 0. The Kier molecular flexibility index (Phi) is 2.14. The van der Waals surface area contributed by atoms with Crippen molar-refractivity contribution in [2.75, 3.05) is 6.54 Å². The molecule has 14 heavy (non-hydrogen) atoms. The zero-order chi connectivity index (χ0) is 10.4. The third-order valence-electron chi connectivity index (χ3n) is 3.16. The molecule has 0 saturated carbocycles. The molecule has 0 aromatic carbocycles. The fraction of sp³-hybridized carbons (Fsp3) is 0.778. The van der Waals surface area contributed by atoms with E-state index in [1.54, 1.807) is 0 Å². The first-order valence-corrected chi connectivity index (χ1v) is 4.96. The van der Waals surface area contributed by atoms with Crippen LogP contribution in [0.2, 0.25) is 0 Å². The van der Waals surface area contributed by atoms with Crippen LogP contribution in [0.3, 0.4) is 0 Å². The van der Waals surface area contributed by atoms with Crippen molar-refractivity contribution < 1.29 is 9.31 Å². The fourth-order valence-electron chi connectivity index (χ4n) is 1.45. The van der Waals surface area contributed by atoms with Gasteiger partial charge in [-0.1, -0.05) is 6.08 Å². The van der Waals surface area contributed by atoms with Crippen molar-refractivity contribution in [2.24, 2.45) is 0 Å². The van der Waals surface area contributed by atoms with E-state index in [1.165, 1.54) is 0 Å². The molecule has 5 heteroatoms. The summed E-state index contributed by atoms with van der Waals surface area (Å²) in [7, 11) is -0.296. The van der Waals surface area contributed by atoms with Crippen molar-refractivity contribution in [2.45, 2.75) is 38.9 Å². The van der Waals surface area contributed by atoms with E-state index in [0.717, 1.165) is 6.54 Å². The van der Waals surface area contributed by atoms with Gasteiger partial charge in [-0.15, -0.1) is 0 Å². The third-order valence-corrected chi connectivity index (χ3v) is 3.16. The summed E-state index contributed by atoms with van der Waals surface area (Å²) in [5.41, 5.74) is 2.55. The molecule has 0 aliphatic carbocycles. The smallest absolute Gasteiger partial charge is 0.388 e. The summed E-state index contributed by atoms with van der Waals surface area (Å²) in [6.45, 7) is 9.02. The van der Waals surface area contributed by atoms with Crippen LogP contribution in [0, 0.1) is 0 Å². The van der Waals surface area contributed by atoms with Crippen LogP contribution in [-0.2, 0) is 9.31 Å². The lowest BCUT2D eigenvalue weighted by Crippen LogP contribution is -2.46. The first-order chi connectivity index (χ1) is 6.42. The molecule has 1 N–H and O–H groups in total. The normalized spacial score (nSPS) is 29.6. The summed E-state index contributed by atoms with van der Waals surface area (Å²) >= 11 is 0. The topological polar surface area (TPSA) is 33.7 Å². The van der Waals surface area contributed by atoms with E-state index in [2.05, 4.69) is 33.1 Å². The second-order valence-corrected chi connectivity index (χ2v) is 4.75. The predicted molar refractivity (Wildman–Crippen MR) is 55.1 cm³/mol. The highest BCUT2D eigenvalue weighted by Crippen LogP contribution is 2.37. The summed E-state index contributed by atoms with van der Waals surface area (Å²) in [6.07, 6.45) is 3.93. The van der Waals surface area contributed by atoms with Crippen molar-refractivity contribution in [3.8, 4) is 0 Å². The van der Waals surface area contributed by atoms with Gasteiger partial charge < -0.3 is 14.7 Å². The van der Waals surface area contributed by atoms with Crippen LogP contribution in [0.4, 0.5) is 0 Å². The van der Waals surface area contributed by atoms with E-state index in [0.29, 0.717) is 0 Å². The van der Waals surface area contributed by atoms with E-state index >= 15 is 0 Å². The van der Waals surface area contributed by atoms with Gasteiger partial charge in [0.15, 0.2) is 0 Å². The molecule has 1 fully saturated rings. The average Bonchev–Trinajstić information content (AvgIpc) is 2.58. The van der Waals surface area contributed by atoms with Crippen LogP contribution >= 0.6 is 0 Å². The maximum Gasteiger partial charge on any atom is 0.577 e. The van der Waals surface area contributed by atoms with Crippen LogP contribution in [-0.4, -0.2) is 29.9 Å². The van der Waals surface area contributed by atoms with Crippen molar-refractivity contribution in [1.82, 2.24) is 10.3 Å². The molecule has 4 nitrogen and oxygen atoms in total. The van der Waals surface area contributed by atoms with Crippen LogP contribution in [0.25, 0.3) is 0 Å². The van der Waals surface area contributed by atoms with Crippen LogP contribution in [0.5, 0.6) is 0 Å². The molecule has 0 atom stereocenters. The zero-order valence-corrected chi connectivity index (χ0v) is 9.20. The zero-order valence-electron chi connectivity index (χ0n) is 9.20. The number of hydrogen-bond donors (Lipinski definition) is 1. The van der Waals surface area contributed by atoms with E-state index in [-0.39, 0.29) is 18.5 Å². The van der Waals surface area contributed by atoms with Gasteiger partial charge in [-0.25, -0.2) is 4.92 Å². The Labute approximate surface area is 85.4 Å². The lowest BCUT2D eigenvalue weighted by Gasteiger charge is -2.32. The Hall–Kier alpha value is -0.515. The molecule has 0 radical (unpaired) electrons. The second-order valence-electron chi connectivity index (χ2n) is 4.75. The summed E-state index contributed by atoms with van der Waals surface area (Å²) in [5, 5.41) is 0. The molecular formula is C9H17BN2O2. The Balaban J connectivity index is 2.06. The molecule has 78 valence electrons. The van der Waals surface area contributed by atoms with Gasteiger partial charge in [0.25, 0.3) is 0 Å². The van der Waals surface area contributed by atoms with Gasteiger partial charge in [0.05, 0.1) is 11.2 Å². The molecular weight excluding hydrogens is 179 g/mol. The molecule has 2 heterocycles. The van der Waals surface area contributed by atoms with Crippen LogP contribution in [0.15, 0.2) is 12.3 Å². The van der Waals surface area contributed by atoms with E-state index in [1.807, 2.05) is 17.2 Å². The molecule has 0 unspecified atom stereocenters. The van der Waals surface area contributed by atoms with E-state index in [9.17, 15) is 0 Å². The van der Waals surface area contributed by atoms with Gasteiger partial charge >= 0.3 is 7.25 Å². The number of hydrazine groups is 1. The standard InChI is InChI=1S/C9H17BN2O2/c1-8(2)9(3,4)14-10(13-8)12-7-5-6-11-12/h5-6,11H,7H2,1-4H3. The molecule has 0 spiro atoms. The van der Waals surface area contributed by atoms with Crippen LogP contribution in [0.1, 0.15) is 27.7 Å². The quantitative estimate of drug-likeness (QED) is 0.632. The lowest BCUT2D eigenvalue weighted by atomic mass is 9.90. The molecule has 2 aliphatic rings. The van der Waals surface area contributed by atoms with E-state index in [4.69, 9.17) is 9.31 Å². The third kappa shape index (κ3) is 1.45. The monoisotopic (exact) mass is 196 g/mol. The van der Waals surface area contributed by atoms with Crippen molar-refractivity contribution >= 4 is 7.25 Å². The Morgan fingerprint density at radius 1 is 1.21 bits per heavy atom.